The number of aryl methyl sites for hydroxylation is 1. The monoisotopic (exact) mass is 415 g/mol. The van der Waals surface area contributed by atoms with Crippen molar-refractivity contribution in [2.24, 2.45) is 0 Å². The molecule has 0 saturated carbocycles. The van der Waals surface area contributed by atoms with Gasteiger partial charge < -0.3 is 9.84 Å². The van der Waals surface area contributed by atoms with Crippen molar-refractivity contribution >= 4 is 23.4 Å². The lowest BCUT2D eigenvalue weighted by molar-refractivity contribution is -0.132. The summed E-state index contributed by atoms with van der Waals surface area (Å²) in [6, 6.07) is 14.9. The second-order valence-corrected chi connectivity index (χ2v) is 7.09. The van der Waals surface area contributed by atoms with Crippen LogP contribution in [0.15, 0.2) is 72.6 Å². The zero-order valence-electron chi connectivity index (χ0n) is 17.1. The number of anilines is 1. The molecule has 1 aliphatic heterocycles. The van der Waals surface area contributed by atoms with Crippen molar-refractivity contribution in [1.82, 2.24) is 9.97 Å². The van der Waals surface area contributed by atoms with Crippen LogP contribution in [0.4, 0.5) is 5.95 Å². The fourth-order valence-electron chi connectivity index (χ4n) is 3.55. The molecule has 7 heteroatoms. The standard InChI is InChI=1S/C24H21N3O4/c1-3-31-18-11-9-17(10-12-18)21(28)19-20(16-7-5-15(2)6-8-16)27(23(30)22(19)29)24-25-13-4-14-26-24/h4-14,20,28H,3H2,1-2H3/b21-19-. The van der Waals surface area contributed by atoms with Gasteiger partial charge >= 0.3 is 5.91 Å². The summed E-state index contributed by atoms with van der Waals surface area (Å²) in [5, 5.41) is 11.1. The molecule has 0 spiro atoms. The van der Waals surface area contributed by atoms with E-state index in [0.717, 1.165) is 5.56 Å². The van der Waals surface area contributed by atoms with Crippen molar-refractivity contribution in [3.05, 3.63) is 89.3 Å². The van der Waals surface area contributed by atoms with Crippen LogP contribution in [-0.4, -0.2) is 33.4 Å². The predicted octanol–water partition coefficient (Wildman–Crippen LogP) is 3.81. The van der Waals surface area contributed by atoms with Gasteiger partial charge in [-0.25, -0.2) is 9.97 Å². The van der Waals surface area contributed by atoms with Crippen LogP contribution >= 0.6 is 0 Å². The third kappa shape index (κ3) is 3.77. The number of Topliss-reactive ketones (excluding diaryl/α,β-unsaturated/α-hetero) is 1. The molecule has 4 rings (SSSR count). The van der Waals surface area contributed by atoms with Crippen LogP contribution in [0.2, 0.25) is 0 Å². The number of hydrogen-bond acceptors (Lipinski definition) is 6. The highest BCUT2D eigenvalue weighted by Crippen LogP contribution is 2.41. The SMILES string of the molecule is CCOc1ccc(/C(O)=C2/C(=O)C(=O)N(c3ncccn3)C2c2ccc(C)cc2)cc1. The van der Waals surface area contributed by atoms with E-state index in [1.807, 2.05) is 38.1 Å². The average Bonchev–Trinajstić information content (AvgIpc) is 3.06. The minimum absolute atomic E-state index is 0.00883. The van der Waals surface area contributed by atoms with Gasteiger partial charge in [0.05, 0.1) is 18.2 Å². The van der Waals surface area contributed by atoms with E-state index in [1.54, 1.807) is 30.3 Å². The van der Waals surface area contributed by atoms with Crippen LogP contribution in [0.5, 0.6) is 5.75 Å². The van der Waals surface area contributed by atoms with Crippen molar-refractivity contribution in [3.8, 4) is 5.75 Å². The summed E-state index contributed by atoms with van der Waals surface area (Å²) in [6.07, 6.45) is 3.00. The molecular formula is C24H21N3O4. The zero-order valence-corrected chi connectivity index (χ0v) is 17.1. The lowest BCUT2D eigenvalue weighted by atomic mass is 9.95. The molecular weight excluding hydrogens is 394 g/mol. The van der Waals surface area contributed by atoms with Gasteiger partial charge in [-0.3, -0.25) is 14.5 Å². The first-order valence-corrected chi connectivity index (χ1v) is 9.89. The summed E-state index contributed by atoms with van der Waals surface area (Å²) in [5.74, 6) is -1.09. The summed E-state index contributed by atoms with van der Waals surface area (Å²) in [5.41, 5.74) is 2.10. The Balaban J connectivity index is 1.88. The largest absolute Gasteiger partial charge is 0.507 e. The Labute approximate surface area is 179 Å². The van der Waals surface area contributed by atoms with Crippen LogP contribution in [0.1, 0.15) is 29.7 Å². The van der Waals surface area contributed by atoms with E-state index in [4.69, 9.17) is 4.74 Å². The molecule has 0 aliphatic carbocycles. The topological polar surface area (TPSA) is 92.6 Å². The molecule has 0 bridgehead atoms. The van der Waals surface area contributed by atoms with Crippen LogP contribution in [-0.2, 0) is 9.59 Å². The second kappa shape index (κ2) is 8.39. The third-order valence-corrected chi connectivity index (χ3v) is 5.04. The number of aliphatic hydroxyl groups excluding tert-OH is 1. The Hall–Kier alpha value is -4.00. The molecule has 1 atom stereocenters. The zero-order chi connectivity index (χ0) is 22.0. The molecule has 7 nitrogen and oxygen atoms in total. The number of carbonyl (C=O) groups is 2. The number of benzene rings is 2. The van der Waals surface area contributed by atoms with E-state index in [2.05, 4.69) is 9.97 Å². The van der Waals surface area contributed by atoms with Gasteiger partial charge in [0.25, 0.3) is 5.78 Å². The van der Waals surface area contributed by atoms with Gasteiger partial charge in [0.2, 0.25) is 5.95 Å². The van der Waals surface area contributed by atoms with Gasteiger partial charge in [0, 0.05) is 18.0 Å². The van der Waals surface area contributed by atoms with E-state index in [-0.39, 0.29) is 17.3 Å². The molecule has 1 amide bonds. The Morgan fingerprint density at radius 1 is 1.03 bits per heavy atom. The van der Waals surface area contributed by atoms with Crippen LogP contribution < -0.4 is 9.64 Å². The maximum absolute atomic E-state index is 13.0. The van der Waals surface area contributed by atoms with Gasteiger partial charge in [-0.15, -0.1) is 0 Å². The molecule has 1 N–H and O–H groups in total. The average molecular weight is 415 g/mol. The highest BCUT2D eigenvalue weighted by Gasteiger charge is 2.48. The number of nitrogens with zero attached hydrogens (tertiary/aromatic N) is 3. The molecule has 1 aromatic heterocycles. The van der Waals surface area contributed by atoms with E-state index in [0.29, 0.717) is 23.5 Å². The molecule has 0 radical (unpaired) electrons. The molecule has 1 fully saturated rings. The molecule has 2 heterocycles. The summed E-state index contributed by atoms with van der Waals surface area (Å²) in [4.78, 5) is 35.6. The van der Waals surface area contributed by atoms with Crippen molar-refractivity contribution in [2.75, 3.05) is 11.5 Å². The fraction of sp³-hybridized carbons (Fsp3) is 0.167. The number of amides is 1. The highest BCUT2D eigenvalue weighted by molar-refractivity contribution is 6.51. The predicted molar refractivity (Wildman–Crippen MR) is 116 cm³/mol. The van der Waals surface area contributed by atoms with Gasteiger partial charge in [0.15, 0.2) is 0 Å². The fourth-order valence-corrected chi connectivity index (χ4v) is 3.55. The van der Waals surface area contributed by atoms with Gasteiger partial charge in [-0.2, -0.15) is 0 Å². The van der Waals surface area contributed by atoms with Crippen molar-refractivity contribution in [3.63, 3.8) is 0 Å². The maximum Gasteiger partial charge on any atom is 0.302 e. The molecule has 156 valence electrons. The van der Waals surface area contributed by atoms with Crippen LogP contribution in [0.25, 0.3) is 5.76 Å². The van der Waals surface area contributed by atoms with E-state index >= 15 is 0 Å². The minimum Gasteiger partial charge on any atom is -0.507 e. The number of aliphatic hydroxyl groups is 1. The Morgan fingerprint density at radius 3 is 2.29 bits per heavy atom. The third-order valence-electron chi connectivity index (χ3n) is 5.04. The number of hydrogen-bond donors (Lipinski definition) is 1. The summed E-state index contributed by atoms with van der Waals surface area (Å²) in [7, 11) is 0. The normalized spacial score (nSPS) is 17.7. The van der Waals surface area contributed by atoms with Crippen LogP contribution in [0, 0.1) is 6.92 Å². The molecule has 1 saturated heterocycles. The number of rotatable bonds is 5. The lowest BCUT2D eigenvalue weighted by Gasteiger charge is -2.23. The van der Waals surface area contributed by atoms with E-state index < -0.39 is 17.7 Å². The first-order valence-electron chi connectivity index (χ1n) is 9.89. The summed E-state index contributed by atoms with van der Waals surface area (Å²) in [6.45, 7) is 4.34. The van der Waals surface area contributed by atoms with Crippen molar-refractivity contribution < 1.29 is 19.4 Å². The van der Waals surface area contributed by atoms with Crippen LogP contribution in [0.3, 0.4) is 0 Å². The molecule has 31 heavy (non-hydrogen) atoms. The summed E-state index contributed by atoms with van der Waals surface area (Å²) < 4.78 is 5.44. The Morgan fingerprint density at radius 2 is 1.68 bits per heavy atom. The molecule has 2 aromatic carbocycles. The highest BCUT2D eigenvalue weighted by atomic mass is 16.5. The van der Waals surface area contributed by atoms with Gasteiger partial charge in [-0.1, -0.05) is 29.8 Å². The van der Waals surface area contributed by atoms with Crippen molar-refractivity contribution in [2.45, 2.75) is 19.9 Å². The first kappa shape index (κ1) is 20.3. The van der Waals surface area contributed by atoms with E-state index in [1.165, 1.54) is 17.3 Å². The number of ether oxygens (including phenoxy) is 1. The Kier molecular flexibility index (Phi) is 5.49. The number of aromatic nitrogens is 2. The minimum atomic E-state index is -0.852. The lowest BCUT2D eigenvalue weighted by Crippen LogP contribution is -2.31. The molecule has 1 aliphatic rings. The Bertz CT molecular complexity index is 1140. The number of carbonyl (C=O) groups excluding carboxylic acids is 2. The maximum atomic E-state index is 13.0. The van der Waals surface area contributed by atoms with E-state index in [9.17, 15) is 14.7 Å². The first-order chi connectivity index (χ1) is 15.0. The second-order valence-electron chi connectivity index (χ2n) is 7.09. The quantitative estimate of drug-likeness (QED) is 0.387. The van der Waals surface area contributed by atoms with Gasteiger partial charge in [0.1, 0.15) is 11.5 Å². The van der Waals surface area contributed by atoms with Crippen molar-refractivity contribution in [1.29, 1.82) is 0 Å². The van der Waals surface area contributed by atoms with Gasteiger partial charge in [-0.05, 0) is 49.7 Å². The number of ketones is 1. The molecule has 1 unspecified atom stereocenters. The smallest absolute Gasteiger partial charge is 0.302 e. The molecule has 3 aromatic rings. The summed E-state index contributed by atoms with van der Waals surface area (Å²) >= 11 is 0.